The zero-order valence-electron chi connectivity index (χ0n) is 18.2. The Balaban J connectivity index is 1.45. The molecule has 1 saturated heterocycles. The molecule has 1 aromatic heterocycles. The Morgan fingerprint density at radius 3 is 2.16 bits per heavy atom. The molecule has 0 bridgehead atoms. The Labute approximate surface area is 185 Å². The van der Waals surface area contributed by atoms with Crippen molar-refractivity contribution in [2.45, 2.75) is 25.8 Å². The van der Waals surface area contributed by atoms with Crippen LogP contribution in [0.25, 0.3) is 10.9 Å². The van der Waals surface area contributed by atoms with Crippen LogP contribution in [0.15, 0.2) is 64.2 Å². The summed E-state index contributed by atoms with van der Waals surface area (Å²) in [5.41, 5.74) is -0.362. The van der Waals surface area contributed by atoms with Crippen molar-refractivity contribution < 1.29 is 9.59 Å². The van der Waals surface area contributed by atoms with Gasteiger partial charge in [0, 0.05) is 26.2 Å². The standard InChI is InChI=1S/C24H26N4O4/c1-24(2,17-8-4-3-5-9-17)22(31)27-14-12-26(13-15-27)20(29)16-28-19-11-7-6-10-18(19)21(30)25-23(28)32/h3-11H,12-16H2,1-2H3,(H,25,30,32). The first kappa shape index (κ1) is 21.5. The first-order valence-corrected chi connectivity index (χ1v) is 10.6. The smallest absolute Gasteiger partial charge is 0.329 e. The third-order valence-electron chi connectivity index (χ3n) is 6.15. The van der Waals surface area contributed by atoms with E-state index in [4.69, 9.17) is 0 Å². The summed E-state index contributed by atoms with van der Waals surface area (Å²) in [4.78, 5) is 56.2. The molecule has 1 fully saturated rings. The number of carbonyl (C=O) groups is 2. The summed E-state index contributed by atoms with van der Waals surface area (Å²) in [6, 6.07) is 16.4. The number of hydrogen-bond acceptors (Lipinski definition) is 4. The van der Waals surface area contributed by atoms with Crippen molar-refractivity contribution in [2.24, 2.45) is 0 Å². The maximum absolute atomic E-state index is 13.2. The molecule has 8 heteroatoms. The maximum Gasteiger partial charge on any atom is 0.329 e. The molecule has 0 aliphatic carbocycles. The van der Waals surface area contributed by atoms with E-state index in [1.807, 2.05) is 44.2 Å². The van der Waals surface area contributed by atoms with E-state index in [0.717, 1.165) is 5.56 Å². The highest BCUT2D eigenvalue weighted by Gasteiger charge is 2.35. The van der Waals surface area contributed by atoms with Gasteiger partial charge in [-0.2, -0.15) is 0 Å². The van der Waals surface area contributed by atoms with E-state index >= 15 is 0 Å². The van der Waals surface area contributed by atoms with Gasteiger partial charge in [0.25, 0.3) is 5.56 Å². The number of rotatable bonds is 4. The van der Waals surface area contributed by atoms with E-state index in [0.29, 0.717) is 37.1 Å². The predicted octanol–water partition coefficient (Wildman–Crippen LogP) is 1.34. The maximum atomic E-state index is 13.2. The van der Waals surface area contributed by atoms with Crippen LogP contribution < -0.4 is 11.2 Å². The molecule has 32 heavy (non-hydrogen) atoms. The Morgan fingerprint density at radius 2 is 1.47 bits per heavy atom. The minimum atomic E-state index is -0.657. The van der Waals surface area contributed by atoms with Gasteiger partial charge < -0.3 is 9.80 Å². The molecule has 8 nitrogen and oxygen atoms in total. The number of H-pyrrole nitrogens is 1. The van der Waals surface area contributed by atoms with Crippen LogP contribution in [0.2, 0.25) is 0 Å². The molecule has 0 spiro atoms. The first-order chi connectivity index (χ1) is 15.3. The number of nitrogens with zero attached hydrogens (tertiary/aromatic N) is 3. The largest absolute Gasteiger partial charge is 0.338 e. The van der Waals surface area contributed by atoms with Crippen molar-refractivity contribution in [1.29, 1.82) is 0 Å². The third-order valence-corrected chi connectivity index (χ3v) is 6.15. The first-order valence-electron chi connectivity index (χ1n) is 10.6. The molecule has 3 aromatic rings. The molecule has 166 valence electrons. The normalized spacial score (nSPS) is 14.6. The van der Waals surface area contributed by atoms with E-state index in [2.05, 4.69) is 4.98 Å². The zero-order chi connectivity index (χ0) is 22.9. The van der Waals surface area contributed by atoms with Gasteiger partial charge in [0.15, 0.2) is 0 Å². The van der Waals surface area contributed by atoms with Gasteiger partial charge in [-0.05, 0) is 31.5 Å². The fourth-order valence-electron chi connectivity index (χ4n) is 4.17. The van der Waals surface area contributed by atoms with Crippen LogP contribution in [-0.4, -0.2) is 57.3 Å². The highest BCUT2D eigenvalue weighted by atomic mass is 16.2. The second-order valence-electron chi connectivity index (χ2n) is 8.53. The Morgan fingerprint density at radius 1 is 0.875 bits per heavy atom. The summed E-state index contributed by atoms with van der Waals surface area (Å²) >= 11 is 0. The highest BCUT2D eigenvalue weighted by Crippen LogP contribution is 2.26. The number of fused-ring (bicyclic) bond motifs is 1. The molecule has 2 aromatic carbocycles. The van der Waals surface area contributed by atoms with Crippen LogP contribution in [0.4, 0.5) is 0 Å². The fraction of sp³-hybridized carbons (Fsp3) is 0.333. The van der Waals surface area contributed by atoms with E-state index in [9.17, 15) is 19.2 Å². The van der Waals surface area contributed by atoms with E-state index in [1.165, 1.54) is 4.57 Å². The summed E-state index contributed by atoms with van der Waals surface area (Å²) < 4.78 is 1.29. The van der Waals surface area contributed by atoms with Gasteiger partial charge in [-0.1, -0.05) is 42.5 Å². The molecule has 0 saturated carbocycles. The number of amides is 2. The fourth-order valence-corrected chi connectivity index (χ4v) is 4.17. The molecular formula is C24H26N4O4. The van der Waals surface area contributed by atoms with Crippen LogP contribution in [0.3, 0.4) is 0 Å². The summed E-state index contributed by atoms with van der Waals surface area (Å²) in [5.74, 6) is -0.197. The van der Waals surface area contributed by atoms with Crippen molar-refractivity contribution in [3.05, 3.63) is 81.0 Å². The van der Waals surface area contributed by atoms with Gasteiger partial charge >= 0.3 is 5.69 Å². The lowest BCUT2D eigenvalue weighted by molar-refractivity contribution is -0.142. The van der Waals surface area contributed by atoms with Gasteiger partial charge in [-0.15, -0.1) is 0 Å². The lowest BCUT2D eigenvalue weighted by Gasteiger charge is -2.39. The number of carbonyl (C=O) groups excluding carboxylic acids is 2. The summed E-state index contributed by atoms with van der Waals surface area (Å²) in [6.07, 6.45) is 0. The topological polar surface area (TPSA) is 95.5 Å². The molecule has 0 atom stereocenters. The summed E-state index contributed by atoms with van der Waals surface area (Å²) in [5, 5.41) is 0.360. The number of hydrogen-bond donors (Lipinski definition) is 1. The number of aromatic nitrogens is 2. The SMILES string of the molecule is CC(C)(C(=O)N1CCN(C(=O)Cn2c(=O)[nH]c(=O)c3ccccc32)CC1)c1ccccc1. The van der Waals surface area contributed by atoms with Crippen LogP contribution in [-0.2, 0) is 21.5 Å². The van der Waals surface area contributed by atoms with Gasteiger partial charge in [0.1, 0.15) is 6.54 Å². The summed E-state index contributed by atoms with van der Waals surface area (Å²) in [6.45, 7) is 5.31. The van der Waals surface area contributed by atoms with Gasteiger partial charge in [-0.25, -0.2) is 4.79 Å². The van der Waals surface area contributed by atoms with Crippen molar-refractivity contribution in [2.75, 3.05) is 26.2 Å². The van der Waals surface area contributed by atoms with Crippen molar-refractivity contribution >= 4 is 22.7 Å². The molecule has 1 aliphatic heterocycles. The van der Waals surface area contributed by atoms with Crippen LogP contribution in [0, 0.1) is 0 Å². The van der Waals surface area contributed by atoms with Gasteiger partial charge in [-0.3, -0.25) is 23.9 Å². The zero-order valence-corrected chi connectivity index (χ0v) is 18.2. The van der Waals surface area contributed by atoms with Gasteiger partial charge in [0.05, 0.1) is 16.3 Å². The minimum Gasteiger partial charge on any atom is -0.338 e. The van der Waals surface area contributed by atoms with Crippen molar-refractivity contribution in [3.63, 3.8) is 0 Å². The third kappa shape index (κ3) is 3.95. The van der Waals surface area contributed by atoms with Crippen LogP contribution in [0.1, 0.15) is 19.4 Å². The lowest BCUT2D eigenvalue weighted by Crippen LogP contribution is -2.55. The molecular weight excluding hydrogens is 408 g/mol. The molecule has 1 aliphatic rings. The molecule has 2 heterocycles. The molecule has 4 rings (SSSR count). The number of benzene rings is 2. The highest BCUT2D eigenvalue weighted by molar-refractivity contribution is 5.88. The second-order valence-corrected chi connectivity index (χ2v) is 8.53. The summed E-state index contributed by atoms with van der Waals surface area (Å²) in [7, 11) is 0. The second kappa shape index (κ2) is 8.45. The molecule has 0 radical (unpaired) electrons. The van der Waals surface area contributed by atoms with Crippen LogP contribution >= 0.6 is 0 Å². The Hall–Kier alpha value is -3.68. The Bertz CT molecular complexity index is 1270. The Kier molecular flexibility index (Phi) is 5.69. The van der Waals surface area contributed by atoms with E-state index in [1.54, 1.807) is 34.1 Å². The van der Waals surface area contributed by atoms with Gasteiger partial charge in [0.2, 0.25) is 11.8 Å². The lowest BCUT2D eigenvalue weighted by atomic mass is 9.83. The molecule has 1 N–H and O–H groups in total. The molecule has 0 unspecified atom stereocenters. The number of aromatic amines is 1. The number of para-hydroxylation sites is 1. The number of nitrogens with one attached hydrogen (secondary N) is 1. The quantitative estimate of drug-likeness (QED) is 0.670. The van der Waals surface area contributed by atoms with E-state index in [-0.39, 0.29) is 18.4 Å². The molecule has 2 amide bonds. The average molecular weight is 434 g/mol. The number of piperazine rings is 1. The predicted molar refractivity (Wildman–Crippen MR) is 121 cm³/mol. The average Bonchev–Trinajstić information content (AvgIpc) is 2.81. The monoisotopic (exact) mass is 434 g/mol. The minimum absolute atomic E-state index is 0.0265. The van der Waals surface area contributed by atoms with Crippen LogP contribution in [0.5, 0.6) is 0 Å². The van der Waals surface area contributed by atoms with E-state index < -0.39 is 16.7 Å². The van der Waals surface area contributed by atoms with Crippen molar-refractivity contribution in [3.8, 4) is 0 Å². The van der Waals surface area contributed by atoms with Crippen molar-refractivity contribution in [1.82, 2.24) is 19.4 Å².